The Morgan fingerprint density at radius 2 is 2.29 bits per heavy atom. The Balaban J connectivity index is 2.51. The van der Waals surface area contributed by atoms with Gasteiger partial charge >= 0.3 is 11.6 Å². The minimum absolute atomic E-state index is 0.0588. The number of nitrogens with two attached hydrogens (primary N) is 1. The summed E-state index contributed by atoms with van der Waals surface area (Å²) in [6.07, 6.45) is -2.26. The first kappa shape index (κ1) is 17.0. The zero-order valence-corrected chi connectivity index (χ0v) is 14.7. The summed E-state index contributed by atoms with van der Waals surface area (Å²) >= 11 is 3.76. The number of aliphatic hydroxyl groups excluding tert-OH is 1. The molecule has 0 saturated carbocycles. The van der Waals surface area contributed by atoms with Crippen LogP contribution in [0.3, 0.4) is 0 Å². The molecule has 10 heteroatoms. The fraction of sp³-hybridized carbons (Fsp3) is 0.455. The molecule has 0 bridgehead atoms. The fourth-order valence-corrected chi connectivity index (χ4v) is 3.03. The van der Waals surface area contributed by atoms with Gasteiger partial charge in [-0.15, -0.1) is 0 Å². The Labute approximate surface area is 145 Å². The number of anilines is 1. The molecule has 21 heavy (non-hydrogen) atoms. The largest absolute Gasteiger partial charge is 0.384 e. The maximum Gasteiger partial charge on any atom is 0.351 e. The summed E-state index contributed by atoms with van der Waals surface area (Å²) < 4.78 is 35.8. The molecule has 0 unspecified atom stereocenters. The van der Waals surface area contributed by atoms with E-state index in [1.807, 2.05) is 45.2 Å². The van der Waals surface area contributed by atoms with Crippen molar-refractivity contribution in [2.45, 2.75) is 24.4 Å². The molecule has 1 aliphatic heterocycles. The van der Waals surface area contributed by atoms with Gasteiger partial charge in [-0.25, -0.2) is 4.79 Å². The van der Waals surface area contributed by atoms with Gasteiger partial charge in [0, 0.05) is 16.2 Å². The monoisotopic (exact) mass is 525 g/mol. The second kappa shape index (κ2) is 6.42. The van der Waals surface area contributed by atoms with Crippen LogP contribution in [0.1, 0.15) is 11.8 Å². The molecule has 3 atom stereocenters. The van der Waals surface area contributed by atoms with Crippen molar-refractivity contribution in [1.82, 2.24) is 9.55 Å². The number of nitrogens with zero attached hydrogens (tertiary/aromatic N) is 2. The molecule has 0 aliphatic carbocycles. The van der Waals surface area contributed by atoms with Crippen molar-refractivity contribution >= 4 is 57.1 Å². The molecule has 0 aromatic carbocycles. The summed E-state index contributed by atoms with van der Waals surface area (Å²) in [7, 11) is 0. The number of ether oxygens (including phenoxy) is 1. The SMILES string of the molecule is Nc1nc(=O)n([C@@H]2O[C@H](CI)[C@@H](O)C2(F)F)cc1/C=C/I. The Morgan fingerprint density at radius 3 is 2.81 bits per heavy atom. The second-order valence-corrected chi connectivity index (χ2v) is 5.96. The quantitative estimate of drug-likeness (QED) is 0.463. The molecular formula is C11H11F2I2N3O3. The molecule has 0 radical (unpaired) electrons. The van der Waals surface area contributed by atoms with Crippen LogP contribution in [0.25, 0.3) is 6.08 Å². The molecule has 2 rings (SSSR count). The van der Waals surface area contributed by atoms with Gasteiger partial charge in [0.1, 0.15) is 18.0 Å². The molecule has 1 aliphatic rings. The highest BCUT2D eigenvalue weighted by Crippen LogP contribution is 2.42. The van der Waals surface area contributed by atoms with E-state index in [2.05, 4.69) is 4.98 Å². The zero-order chi connectivity index (χ0) is 15.8. The minimum Gasteiger partial charge on any atom is -0.384 e. The molecule has 1 aromatic rings. The number of hydrogen-bond donors (Lipinski definition) is 2. The topological polar surface area (TPSA) is 90.4 Å². The minimum atomic E-state index is -3.59. The Hall–Kier alpha value is -0.340. The first-order valence-corrected chi connectivity index (χ1v) is 8.52. The predicted molar refractivity (Wildman–Crippen MR) is 89.7 cm³/mol. The van der Waals surface area contributed by atoms with E-state index in [-0.39, 0.29) is 10.2 Å². The number of halogens is 4. The molecule has 1 saturated heterocycles. The van der Waals surface area contributed by atoms with Gasteiger partial charge in [0.05, 0.1) is 0 Å². The van der Waals surface area contributed by atoms with Crippen LogP contribution in [0.15, 0.2) is 15.1 Å². The lowest BCUT2D eigenvalue weighted by Crippen LogP contribution is -2.41. The molecule has 0 spiro atoms. The van der Waals surface area contributed by atoms with Crippen LogP contribution in [0.4, 0.5) is 14.6 Å². The fourth-order valence-electron chi connectivity index (χ4n) is 1.96. The van der Waals surface area contributed by atoms with E-state index in [1.165, 1.54) is 6.08 Å². The van der Waals surface area contributed by atoms with Crippen molar-refractivity contribution < 1.29 is 18.6 Å². The van der Waals surface area contributed by atoms with Gasteiger partial charge in [-0.2, -0.15) is 13.8 Å². The van der Waals surface area contributed by atoms with Crippen molar-refractivity contribution in [3.05, 3.63) is 26.3 Å². The summed E-state index contributed by atoms with van der Waals surface area (Å²) in [5.41, 5.74) is 4.93. The number of rotatable bonds is 3. The van der Waals surface area contributed by atoms with Crippen molar-refractivity contribution in [3.8, 4) is 0 Å². The Morgan fingerprint density at radius 1 is 1.62 bits per heavy atom. The average molecular weight is 525 g/mol. The van der Waals surface area contributed by atoms with E-state index in [1.54, 1.807) is 4.08 Å². The van der Waals surface area contributed by atoms with E-state index < -0.39 is 30.0 Å². The number of aliphatic hydroxyl groups is 1. The van der Waals surface area contributed by atoms with E-state index in [0.29, 0.717) is 10.1 Å². The zero-order valence-electron chi connectivity index (χ0n) is 10.4. The van der Waals surface area contributed by atoms with Crippen LogP contribution in [-0.4, -0.2) is 37.2 Å². The number of alkyl halides is 3. The lowest BCUT2D eigenvalue weighted by molar-refractivity contribution is -0.140. The van der Waals surface area contributed by atoms with Gasteiger partial charge in [0.2, 0.25) is 6.23 Å². The standard InChI is InChI=1S/C11H11F2I2N3O3/c12-11(13)7(19)6(3-15)21-9(11)18-4-5(1-2-14)8(16)17-10(18)20/h1-2,4,6-7,9,19H,3H2,(H2,16,17,20)/b2-1+/t6-,7-,9-/m1/s1. The lowest BCUT2D eigenvalue weighted by Gasteiger charge is -2.21. The lowest BCUT2D eigenvalue weighted by atomic mass is 10.1. The van der Waals surface area contributed by atoms with Crippen molar-refractivity contribution in [2.75, 3.05) is 10.2 Å². The van der Waals surface area contributed by atoms with Crippen LogP contribution < -0.4 is 11.4 Å². The number of nitrogen functional groups attached to an aromatic ring is 1. The van der Waals surface area contributed by atoms with E-state index in [0.717, 1.165) is 6.20 Å². The highest BCUT2D eigenvalue weighted by atomic mass is 127. The smallest absolute Gasteiger partial charge is 0.351 e. The van der Waals surface area contributed by atoms with Crippen molar-refractivity contribution in [2.24, 2.45) is 0 Å². The van der Waals surface area contributed by atoms with Crippen LogP contribution in [0.2, 0.25) is 0 Å². The van der Waals surface area contributed by atoms with Gasteiger partial charge in [0.15, 0.2) is 0 Å². The van der Waals surface area contributed by atoms with Crippen LogP contribution >= 0.6 is 45.2 Å². The summed E-state index contributed by atoms with van der Waals surface area (Å²) in [6, 6.07) is 0. The molecule has 0 amide bonds. The van der Waals surface area contributed by atoms with E-state index in [4.69, 9.17) is 10.5 Å². The van der Waals surface area contributed by atoms with Gasteiger partial charge in [-0.1, -0.05) is 45.2 Å². The van der Waals surface area contributed by atoms with Gasteiger partial charge in [-0.3, -0.25) is 4.57 Å². The van der Waals surface area contributed by atoms with Crippen LogP contribution in [0.5, 0.6) is 0 Å². The van der Waals surface area contributed by atoms with E-state index in [9.17, 15) is 18.7 Å². The summed E-state index contributed by atoms with van der Waals surface area (Å²) in [5, 5.41) is 9.61. The first-order chi connectivity index (χ1) is 9.82. The molecule has 116 valence electrons. The summed E-state index contributed by atoms with van der Waals surface area (Å²) in [5.74, 6) is -3.65. The normalized spacial score (nSPS) is 28.3. The highest BCUT2D eigenvalue weighted by Gasteiger charge is 2.59. The highest BCUT2D eigenvalue weighted by molar-refractivity contribution is 14.1. The Bertz CT molecular complexity index is 623. The van der Waals surface area contributed by atoms with Gasteiger partial charge in [-0.05, 0) is 10.2 Å². The first-order valence-electron chi connectivity index (χ1n) is 5.75. The molecule has 1 aromatic heterocycles. The van der Waals surface area contributed by atoms with Crippen molar-refractivity contribution in [1.29, 1.82) is 0 Å². The third-order valence-corrected chi connectivity index (χ3v) is 4.27. The third kappa shape index (κ3) is 3.07. The summed E-state index contributed by atoms with van der Waals surface area (Å²) in [6.45, 7) is 0. The van der Waals surface area contributed by atoms with Crippen LogP contribution in [-0.2, 0) is 4.74 Å². The Kier molecular flexibility index (Phi) is 5.20. The second-order valence-electron chi connectivity index (χ2n) is 4.36. The molecule has 2 heterocycles. The number of aromatic nitrogens is 2. The third-order valence-electron chi connectivity index (χ3n) is 3.04. The summed E-state index contributed by atoms with van der Waals surface area (Å²) in [4.78, 5) is 15.3. The van der Waals surface area contributed by atoms with Crippen LogP contribution in [0, 0.1) is 0 Å². The van der Waals surface area contributed by atoms with Gasteiger partial charge in [0.25, 0.3) is 0 Å². The maximum absolute atomic E-state index is 14.1. The van der Waals surface area contributed by atoms with Gasteiger partial charge < -0.3 is 15.6 Å². The molecule has 1 fully saturated rings. The maximum atomic E-state index is 14.1. The molecule has 6 nitrogen and oxygen atoms in total. The molecular weight excluding hydrogens is 514 g/mol. The molecule has 3 N–H and O–H groups in total. The van der Waals surface area contributed by atoms with E-state index >= 15 is 0 Å². The van der Waals surface area contributed by atoms with Crippen molar-refractivity contribution in [3.63, 3.8) is 0 Å². The predicted octanol–water partition coefficient (Wildman–Crippen LogP) is 1.56. The number of hydrogen-bond acceptors (Lipinski definition) is 5. The average Bonchev–Trinajstić information content (AvgIpc) is 2.65.